The van der Waals surface area contributed by atoms with Crippen LogP contribution >= 0.6 is 0 Å². The van der Waals surface area contributed by atoms with Gasteiger partial charge in [-0.3, -0.25) is 0 Å². The number of aromatic carboxylic acids is 1. The number of hydrazine groups is 1. The summed E-state index contributed by atoms with van der Waals surface area (Å²) in [6.45, 7) is 1.80. The SMILES string of the molecule is Cc1ccc(/C(N)=N/N(C)N)c(C(=O)O)c1. The molecule has 16 heavy (non-hydrogen) atoms. The number of carbonyl (C=O) groups is 1. The molecule has 0 heterocycles. The van der Waals surface area contributed by atoms with E-state index in [1.54, 1.807) is 19.1 Å². The van der Waals surface area contributed by atoms with Crippen molar-refractivity contribution in [1.82, 2.24) is 5.12 Å². The monoisotopic (exact) mass is 222 g/mol. The Kier molecular flexibility index (Phi) is 3.47. The first kappa shape index (κ1) is 12.0. The summed E-state index contributed by atoms with van der Waals surface area (Å²) in [6.07, 6.45) is 0. The minimum absolute atomic E-state index is 0.0717. The highest BCUT2D eigenvalue weighted by molar-refractivity contribution is 6.06. The number of amidine groups is 1. The van der Waals surface area contributed by atoms with Crippen LogP contribution in [0, 0.1) is 6.92 Å². The molecule has 1 rings (SSSR count). The fourth-order valence-corrected chi connectivity index (χ4v) is 1.28. The molecule has 5 N–H and O–H groups in total. The third-order valence-electron chi connectivity index (χ3n) is 1.95. The van der Waals surface area contributed by atoms with Crippen molar-refractivity contribution >= 4 is 11.8 Å². The van der Waals surface area contributed by atoms with Crippen LogP contribution in [0.15, 0.2) is 23.3 Å². The first-order valence-electron chi connectivity index (χ1n) is 4.58. The van der Waals surface area contributed by atoms with Crippen LogP contribution in [0.3, 0.4) is 0 Å². The van der Waals surface area contributed by atoms with Gasteiger partial charge < -0.3 is 10.8 Å². The Morgan fingerprint density at radius 1 is 1.44 bits per heavy atom. The summed E-state index contributed by atoms with van der Waals surface area (Å²) in [5.41, 5.74) is 6.96. The molecule has 0 aromatic heterocycles. The van der Waals surface area contributed by atoms with Crippen LogP contribution in [-0.4, -0.2) is 29.1 Å². The largest absolute Gasteiger partial charge is 0.478 e. The van der Waals surface area contributed by atoms with Crippen molar-refractivity contribution in [3.63, 3.8) is 0 Å². The van der Waals surface area contributed by atoms with Gasteiger partial charge in [-0.25, -0.2) is 15.8 Å². The van der Waals surface area contributed by atoms with E-state index in [0.29, 0.717) is 5.56 Å². The summed E-state index contributed by atoms with van der Waals surface area (Å²) in [4.78, 5) is 11.0. The highest BCUT2D eigenvalue weighted by Gasteiger charge is 2.13. The van der Waals surface area contributed by atoms with Crippen LogP contribution in [0.4, 0.5) is 0 Å². The zero-order valence-electron chi connectivity index (χ0n) is 9.14. The standard InChI is InChI=1S/C10H14N4O2/c1-6-3-4-7(8(5-6)10(15)16)9(11)13-14(2)12/h3-5H,12H2,1-2H3,(H2,11,13)(H,15,16). The topological polar surface area (TPSA) is 105 Å². The molecule has 0 aliphatic rings. The molecule has 0 amide bonds. The van der Waals surface area contributed by atoms with Crippen LogP contribution in [-0.2, 0) is 0 Å². The molecule has 0 fully saturated rings. The fourth-order valence-electron chi connectivity index (χ4n) is 1.28. The second-order valence-electron chi connectivity index (χ2n) is 3.41. The van der Waals surface area contributed by atoms with Gasteiger partial charge in [0.15, 0.2) is 5.84 Å². The molecule has 0 bridgehead atoms. The van der Waals surface area contributed by atoms with Gasteiger partial charge in [0.25, 0.3) is 0 Å². The van der Waals surface area contributed by atoms with Gasteiger partial charge in [-0.05, 0) is 13.0 Å². The molecular weight excluding hydrogens is 208 g/mol. The van der Waals surface area contributed by atoms with Crippen molar-refractivity contribution in [2.24, 2.45) is 16.7 Å². The van der Waals surface area contributed by atoms with E-state index in [4.69, 9.17) is 16.7 Å². The molecule has 1 aromatic rings. The van der Waals surface area contributed by atoms with Crippen LogP contribution in [0.2, 0.25) is 0 Å². The Morgan fingerprint density at radius 3 is 2.56 bits per heavy atom. The lowest BCUT2D eigenvalue weighted by Crippen LogP contribution is -2.26. The van der Waals surface area contributed by atoms with Crippen LogP contribution in [0.25, 0.3) is 0 Å². The van der Waals surface area contributed by atoms with Gasteiger partial charge in [0, 0.05) is 12.6 Å². The Hall–Kier alpha value is -2.08. The van der Waals surface area contributed by atoms with Crippen LogP contribution < -0.4 is 11.6 Å². The van der Waals surface area contributed by atoms with E-state index in [9.17, 15) is 4.79 Å². The summed E-state index contributed by atoms with van der Waals surface area (Å²) < 4.78 is 0. The van der Waals surface area contributed by atoms with Crippen molar-refractivity contribution in [2.45, 2.75) is 6.92 Å². The number of hydrogen-bond acceptors (Lipinski definition) is 4. The second kappa shape index (κ2) is 4.63. The maximum absolute atomic E-state index is 11.0. The smallest absolute Gasteiger partial charge is 0.336 e. The number of rotatable bonds is 3. The summed E-state index contributed by atoms with van der Waals surface area (Å²) >= 11 is 0. The van der Waals surface area contributed by atoms with Crippen LogP contribution in [0.5, 0.6) is 0 Å². The first-order valence-corrected chi connectivity index (χ1v) is 4.58. The van der Waals surface area contributed by atoms with Gasteiger partial charge in [-0.15, -0.1) is 5.10 Å². The maximum atomic E-state index is 11.0. The van der Waals surface area contributed by atoms with E-state index in [-0.39, 0.29) is 11.4 Å². The average Bonchev–Trinajstić information content (AvgIpc) is 2.16. The van der Waals surface area contributed by atoms with Crippen LogP contribution in [0.1, 0.15) is 21.5 Å². The molecule has 0 saturated carbocycles. The molecular formula is C10H14N4O2. The number of hydrogen-bond donors (Lipinski definition) is 3. The summed E-state index contributed by atoms with van der Waals surface area (Å²) in [6, 6.07) is 4.92. The molecule has 0 unspecified atom stereocenters. The Bertz CT molecular complexity index is 440. The number of nitrogens with zero attached hydrogens (tertiary/aromatic N) is 2. The molecule has 0 radical (unpaired) electrons. The predicted molar refractivity (Wildman–Crippen MR) is 60.8 cm³/mol. The van der Waals surface area contributed by atoms with Crippen molar-refractivity contribution in [1.29, 1.82) is 0 Å². The zero-order valence-corrected chi connectivity index (χ0v) is 9.14. The molecule has 6 heteroatoms. The average molecular weight is 222 g/mol. The van der Waals surface area contributed by atoms with E-state index < -0.39 is 5.97 Å². The quantitative estimate of drug-likeness (QED) is 0.291. The third kappa shape index (κ3) is 2.71. The maximum Gasteiger partial charge on any atom is 0.336 e. The van der Waals surface area contributed by atoms with Crippen molar-refractivity contribution < 1.29 is 9.90 Å². The van der Waals surface area contributed by atoms with Gasteiger partial charge in [-0.1, -0.05) is 17.7 Å². The van der Waals surface area contributed by atoms with Crippen molar-refractivity contribution in [2.75, 3.05) is 7.05 Å². The van der Waals surface area contributed by atoms with E-state index in [0.717, 1.165) is 10.7 Å². The first-order chi connectivity index (χ1) is 7.41. The highest BCUT2D eigenvalue weighted by atomic mass is 16.4. The zero-order chi connectivity index (χ0) is 12.3. The fraction of sp³-hybridized carbons (Fsp3) is 0.200. The van der Waals surface area contributed by atoms with Gasteiger partial charge in [0.05, 0.1) is 5.56 Å². The molecule has 0 aliphatic heterocycles. The van der Waals surface area contributed by atoms with Gasteiger partial charge in [-0.2, -0.15) is 0 Å². The molecule has 0 atom stereocenters. The number of hydrazone groups is 1. The lowest BCUT2D eigenvalue weighted by Gasteiger charge is -2.09. The third-order valence-corrected chi connectivity index (χ3v) is 1.95. The number of carboxylic acid groups (broad SMARTS) is 1. The highest BCUT2D eigenvalue weighted by Crippen LogP contribution is 2.11. The number of nitrogens with two attached hydrogens (primary N) is 2. The Morgan fingerprint density at radius 2 is 2.06 bits per heavy atom. The number of benzene rings is 1. The Balaban J connectivity index is 3.28. The van der Waals surface area contributed by atoms with E-state index in [1.807, 2.05) is 0 Å². The minimum atomic E-state index is -1.04. The number of carboxylic acids is 1. The number of aryl methyl sites for hydroxylation is 1. The van der Waals surface area contributed by atoms with Gasteiger partial charge in [0.2, 0.25) is 0 Å². The minimum Gasteiger partial charge on any atom is -0.478 e. The molecule has 1 aromatic carbocycles. The summed E-state index contributed by atoms with van der Waals surface area (Å²) in [5.74, 6) is 4.33. The molecule has 0 aliphatic carbocycles. The molecule has 0 spiro atoms. The van der Waals surface area contributed by atoms with Gasteiger partial charge in [0.1, 0.15) is 0 Å². The lowest BCUT2D eigenvalue weighted by atomic mass is 10.0. The molecule has 0 saturated heterocycles. The lowest BCUT2D eigenvalue weighted by molar-refractivity contribution is 0.0696. The van der Waals surface area contributed by atoms with Gasteiger partial charge >= 0.3 is 5.97 Å². The van der Waals surface area contributed by atoms with E-state index >= 15 is 0 Å². The van der Waals surface area contributed by atoms with Crippen molar-refractivity contribution in [3.05, 3.63) is 34.9 Å². The predicted octanol–water partition coefficient (Wildman–Crippen LogP) is 0.119. The van der Waals surface area contributed by atoms with E-state index in [1.165, 1.54) is 13.1 Å². The second-order valence-corrected chi connectivity index (χ2v) is 3.41. The molecule has 86 valence electrons. The Labute approximate surface area is 93.1 Å². The summed E-state index contributed by atoms with van der Waals surface area (Å²) in [5, 5.41) is 13.8. The molecule has 6 nitrogen and oxygen atoms in total. The summed E-state index contributed by atoms with van der Waals surface area (Å²) in [7, 11) is 1.50. The van der Waals surface area contributed by atoms with Crippen molar-refractivity contribution in [3.8, 4) is 0 Å². The van der Waals surface area contributed by atoms with E-state index in [2.05, 4.69) is 5.10 Å². The normalized spacial score (nSPS) is 11.3.